The van der Waals surface area contributed by atoms with Crippen LogP contribution in [0.5, 0.6) is 0 Å². The molecule has 1 aromatic heterocycles. The Balaban J connectivity index is 1.57. The molecule has 4 heteroatoms. The normalized spacial score (nSPS) is 19.2. The molecule has 106 valence electrons. The minimum atomic E-state index is -0.0694. The van der Waals surface area contributed by atoms with Gasteiger partial charge in [-0.1, -0.05) is 18.2 Å². The Morgan fingerprint density at radius 3 is 3.05 bits per heavy atom. The molecule has 1 fully saturated rings. The third-order valence-corrected chi connectivity index (χ3v) is 4.82. The lowest BCUT2D eigenvalue weighted by molar-refractivity contribution is 0.389. The number of hydrogen-bond acceptors (Lipinski definition) is 3. The molecule has 0 bridgehead atoms. The minimum absolute atomic E-state index is 0.0694. The standard InChI is InChI=1S/C16H19FN2S/c17-15-6-2-1-5-14(15)8-7-13-4-3-10-19(12-13)16-18-9-11-20-16/h1-2,5-6,9,11,13H,3-4,7-8,10,12H2/t13-/m1/s1. The van der Waals surface area contributed by atoms with Crippen molar-refractivity contribution in [3.8, 4) is 0 Å². The van der Waals surface area contributed by atoms with Crippen LogP contribution in [0, 0.1) is 11.7 Å². The Morgan fingerprint density at radius 1 is 1.35 bits per heavy atom. The first-order chi connectivity index (χ1) is 9.83. The highest BCUT2D eigenvalue weighted by Gasteiger charge is 2.21. The van der Waals surface area contributed by atoms with Gasteiger partial charge >= 0.3 is 0 Å². The lowest BCUT2D eigenvalue weighted by atomic mass is 9.92. The molecule has 0 amide bonds. The number of thiazole rings is 1. The largest absolute Gasteiger partial charge is 0.348 e. The van der Waals surface area contributed by atoms with Crippen LogP contribution < -0.4 is 4.90 Å². The second-order valence-electron chi connectivity index (χ2n) is 5.40. The predicted molar refractivity (Wildman–Crippen MR) is 81.8 cm³/mol. The van der Waals surface area contributed by atoms with Crippen LogP contribution >= 0.6 is 11.3 Å². The van der Waals surface area contributed by atoms with Crippen molar-refractivity contribution in [2.75, 3.05) is 18.0 Å². The number of nitrogens with zero attached hydrogens (tertiary/aromatic N) is 2. The van der Waals surface area contributed by atoms with Crippen LogP contribution in [-0.4, -0.2) is 18.1 Å². The molecule has 1 aliphatic heterocycles. The van der Waals surface area contributed by atoms with E-state index in [1.54, 1.807) is 23.5 Å². The molecular weight excluding hydrogens is 271 g/mol. The molecular formula is C16H19FN2S. The molecule has 1 saturated heterocycles. The Labute approximate surface area is 123 Å². The maximum atomic E-state index is 13.6. The summed E-state index contributed by atoms with van der Waals surface area (Å²) < 4.78 is 13.6. The molecule has 3 rings (SSSR count). The number of hydrogen-bond donors (Lipinski definition) is 0. The summed E-state index contributed by atoms with van der Waals surface area (Å²) in [5.41, 5.74) is 0.846. The van der Waals surface area contributed by atoms with Crippen molar-refractivity contribution in [1.82, 2.24) is 4.98 Å². The quantitative estimate of drug-likeness (QED) is 0.841. The highest BCUT2D eigenvalue weighted by molar-refractivity contribution is 7.13. The summed E-state index contributed by atoms with van der Waals surface area (Å²) in [6, 6.07) is 7.12. The first-order valence-electron chi connectivity index (χ1n) is 7.21. The van der Waals surface area contributed by atoms with Gasteiger partial charge in [-0.25, -0.2) is 9.37 Å². The van der Waals surface area contributed by atoms with Crippen molar-refractivity contribution in [2.45, 2.75) is 25.7 Å². The Bertz CT molecular complexity index is 541. The van der Waals surface area contributed by atoms with Crippen LogP contribution in [0.3, 0.4) is 0 Å². The molecule has 2 aromatic rings. The first kappa shape index (κ1) is 13.6. The zero-order valence-corrected chi connectivity index (χ0v) is 12.3. The van der Waals surface area contributed by atoms with Gasteiger partial charge in [-0.2, -0.15) is 0 Å². The predicted octanol–water partition coefficient (Wildman–Crippen LogP) is 4.13. The molecule has 1 aliphatic rings. The van der Waals surface area contributed by atoms with Crippen molar-refractivity contribution < 1.29 is 4.39 Å². The fourth-order valence-corrected chi connectivity index (χ4v) is 3.59. The molecule has 0 spiro atoms. The summed E-state index contributed by atoms with van der Waals surface area (Å²) in [6.07, 6.45) is 6.21. The fraction of sp³-hybridized carbons (Fsp3) is 0.438. The molecule has 2 heterocycles. The van der Waals surface area contributed by atoms with Crippen LogP contribution in [0.2, 0.25) is 0 Å². The summed E-state index contributed by atoms with van der Waals surface area (Å²) in [5, 5.41) is 3.15. The minimum Gasteiger partial charge on any atom is -0.348 e. The summed E-state index contributed by atoms with van der Waals surface area (Å²) >= 11 is 1.70. The van der Waals surface area contributed by atoms with Crippen LogP contribution in [0.25, 0.3) is 0 Å². The summed E-state index contributed by atoms with van der Waals surface area (Å²) in [7, 11) is 0. The average molecular weight is 290 g/mol. The van der Waals surface area contributed by atoms with Gasteiger partial charge < -0.3 is 4.90 Å². The third-order valence-electron chi connectivity index (χ3n) is 3.99. The fourth-order valence-electron chi connectivity index (χ4n) is 2.91. The van der Waals surface area contributed by atoms with Crippen LogP contribution in [0.4, 0.5) is 9.52 Å². The van der Waals surface area contributed by atoms with Crippen molar-refractivity contribution in [3.63, 3.8) is 0 Å². The number of anilines is 1. The summed E-state index contributed by atoms with van der Waals surface area (Å²) in [4.78, 5) is 6.77. The number of halogens is 1. The van der Waals surface area contributed by atoms with Crippen molar-refractivity contribution in [1.29, 1.82) is 0 Å². The Hall–Kier alpha value is -1.42. The van der Waals surface area contributed by atoms with E-state index in [0.717, 1.165) is 36.6 Å². The molecule has 0 unspecified atom stereocenters. The second kappa shape index (κ2) is 6.35. The molecule has 1 atom stereocenters. The van der Waals surface area contributed by atoms with Crippen molar-refractivity contribution >= 4 is 16.5 Å². The van der Waals surface area contributed by atoms with E-state index in [1.807, 2.05) is 23.7 Å². The number of piperidine rings is 1. The number of aryl methyl sites for hydroxylation is 1. The van der Waals surface area contributed by atoms with E-state index in [1.165, 1.54) is 12.8 Å². The topological polar surface area (TPSA) is 16.1 Å². The van der Waals surface area contributed by atoms with Gasteiger partial charge in [-0.15, -0.1) is 11.3 Å². The molecule has 1 aromatic carbocycles. The van der Waals surface area contributed by atoms with Crippen LogP contribution in [-0.2, 0) is 6.42 Å². The van der Waals surface area contributed by atoms with E-state index >= 15 is 0 Å². The van der Waals surface area contributed by atoms with E-state index in [-0.39, 0.29) is 5.82 Å². The van der Waals surface area contributed by atoms with Crippen LogP contribution in [0.1, 0.15) is 24.8 Å². The molecule has 0 radical (unpaired) electrons. The zero-order valence-electron chi connectivity index (χ0n) is 11.5. The Morgan fingerprint density at radius 2 is 2.25 bits per heavy atom. The van der Waals surface area contributed by atoms with E-state index in [2.05, 4.69) is 9.88 Å². The third kappa shape index (κ3) is 3.18. The highest BCUT2D eigenvalue weighted by Crippen LogP contribution is 2.27. The van der Waals surface area contributed by atoms with E-state index in [4.69, 9.17) is 0 Å². The van der Waals surface area contributed by atoms with E-state index in [9.17, 15) is 4.39 Å². The van der Waals surface area contributed by atoms with Gasteiger partial charge in [0.2, 0.25) is 0 Å². The molecule has 0 aliphatic carbocycles. The monoisotopic (exact) mass is 290 g/mol. The SMILES string of the molecule is Fc1ccccc1CC[C@H]1CCCN(c2nccs2)C1. The molecule has 0 N–H and O–H groups in total. The Kier molecular flexibility index (Phi) is 4.31. The average Bonchev–Trinajstić information content (AvgIpc) is 3.01. The second-order valence-corrected chi connectivity index (χ2v) is 6.27. The van der Waals surface area contributed by atoms with E-state index in [0.29, 0.717) is 5.92 Å². The van der Waals surface area contributed by atoms with Gasteiger partial charge in [-0.3, -0.25) is 0 Å². The number of rotatable bonds is 4. The lowest BCUT2D eigenvalue weighted by Crippen LogP contribution is -2.35. The smallest absolute Gasteiger partial charge is 0.185 e. The van der Waals surface area contributed by atoms with E-state index < -0.39 is 0 Å². The van der Waals surface area contributed by atoms with Gasteiger partial charge in [0, 0.05) is 24.7 Å². The van der Waals surface area contributed by atoms with Crippen LogP contribution in [0.15, 0.2) is 35.8 Å². The molecule has 0 saturated carbocycles. The van der Waals surface area contributed by atoms with Gasteiger partial charge in [-0.05, 0) is 43.2 Å². The zero-order chi connectivity index (χ0) is 13.8. The van der Waals surface area contributed by atoms with Gasteiger partial charge in [0.05, 0.1) is 0 Å². The first-order valence-corrected chi connectivity index (χ1v) is 8.09. The van der Waals surface area contributed by atoms with Gasteiger partial charge in [0.25, 0.3) is 0 Å². The van der Waals surface area contributed by atoms with Crippen molar-refractivity contribution in [2.24, 2.45) is 5.92 Å². The highest BCUT2D eigenvalue weighted by atomic mass is 32.1. The van der Waals surface area contributed by atoms with Crippen molar-refractivity contribution in [3.05, 3.63) is 47.2 Å². The van der Waals surface area contributed by atoms with Gasteiger partial charge in [0.1, 0.15) is 5.82 Å². The number of benzene rings is 1. The summed E-state index contributed by atoms with van der Waals surface area (Å²) in [6.45, 7) is 2.16. The molecule has 20 heavy (non-hydrogen) atoms. The maximum absolute atomic E-state index is 13.6. The van der Waals surface area contributed by atoms with Gasteiger partial charge in [0.15, 0.2) is 5.13 Å². The summed E-state index contributed by atoms with van der Waals surface area (Å²) in [5.74, 6) is 0.576. The number of aromatic nitrogens is 1. The molecule has 2 nitrogen and oxygen atoms in total. The lowest BCUT2D eigenvalue weighted by Gasteiger charge is -2.32. The maximum Gasteiger partial charge on any atom is 0.185 e.